The van der Waals surface area contributed by atoms with Crippen molar-refractivity contribution >= 4 is 11.6 Å². The van der Waals surface area contributed by atoms with E-state index in [-0.39, 0.29) is 30.5 Å². The molecule has 1 aliphatic heterocycles. The summed E-state index contributed by atoms with van der Waals surface area (Å²) in [5.41, 5.74) is -0.927. The maximum atomic E-state index is 12.8. The molecule has 0 N–H and O–H groups in total. The zero-order valence-electron chi connectivity index (χ0n) is 9.37. The average Bonchev–Trinajstić information content (AvgIpc) is 2.69. The molecular formula is C13H10F3NO. The first kappa shape index (κ1) is 12.5. The molecule has 94 valence electrons. The molecule has 0 radical (unpaired) electrons. The van der Waals surface area contributed by atoms with Gasteiger partial charge in [-0.2, -0.15) is 13.2 Å². The number of benzene rings is 1. The summed E-state index contributed by atoms with van der Waals surface area (Å²) in [6.07, 6.45) is 0.828. The minimum absolute atomic E-state index is 0.0999. The fourth-order valence-electron chi connectivity index (χ4n) is 2.00. The molecule has 1 unspecified atom stereocenters. The van der Waals surface area contributed by atoms with Gasteiger partial charge in [-0.05, 0) is 12.1 Å². The van der Waals surface area contributed by atoms with Crippen molar-refractivity contribution in [2.75, 3.05) is 11.4 Å². The fraction of sp³-hybridized carbons (Fsp3) is 0.308. The Bertz CT molecular complexity index is 516. The van der Waals surface area contributed by atoms with Gasteiger partial charge in [-0.1, -0.05) is 12.1 Å². The fourth-order valence-corrected chi connectivity index (χ4v) is 2.00. The number of carbonyl (C=O) groups is 1. The summed E-state index contributed by atoms with van der Waals surface area (Å²) in [7, 11) is 0. The van der Waals surface area contributed by atoms with Crippen LogP contribution >= 0.6 is 0 Å². The molecule has 1 aromatic carbocycles. The number of nitrogens with zero attached hydrogens (tertiary/aromatic N) is 1. The standard InChI is InChI=1S/C13H10F3NO/c1-2-9-7-12(18)17(8-9)11-6-4-3-5-10(11)13(14,15)16/h1,3-6,9H,7-8H2. The predicted octanol–water partition coefficient (Wildman–Crippen LogP) is 2.69. The van der Waals surface area contributed by atoms with Gasteiger partial charge in [-0.15, -0.1) is 12.3 Å². The van der Waals surface area contributed by atoms with E-state index >= 15 is 0 Å². The first-order valence-corrected chi connectivity index (χ1v) is 5.36. The zero-order chi connectivity index (χ0) is 13.3. The maximum absolute atomic E-state index is 12.8. The highest BCUT2D eigenvalue weighted by atomic mass is 19.4. The van der Waals surface area contributed by atoms with Gasteiger partial charge in [0.1, 0.15) is 0 Å². The van der Waals surface area contributed by atoms with Gasteiger partial charge in [0.05, 0.1) is 11.3 Å². The molecule has 0 spiro atoms. The molecule has 1 heterocycles. The van der Waals surface area contributed by atoms with E-state index in [1.54, 1.807) is 0 Å². The monoisotopic (exact) mass is 253 g/mol. The minimum atomic E-state index is -4.48. The number of para-hydroxylation sites is 1. The van der Waals surface area contributed by atoms with Gasteiger partial charge in [-0.3, -0.25) is 4.79 Å². The van der Waals surface area contributed by atoms with Crippen molar-refractivity contribution in [3.8, 4) is 12.3 Å². The Morgan fingerprint density at radius 3 is 2.56 bits per heavy atom. The number of terminal acetylenes is 1. The lowest BCUT2D eigenvalue weighted by atomic mass is 10.1. The Morgan fingerprint density at radius 1 is 1.33 bits per heavy atom. The van der Waals surface area contributed by atoms with Crippen molar-refractivity contribution in [1.82, 2.24) is 0 Å². The highest BCUT2D eigenvalue weighted by molar-refractivity contribution is 5.96. The molecule has 1 saturated heterocycles. The maximum Gasteiger partial charge on any atom is 0.418 e. The smallest absolute Gasteiger partial charge is 0.311 e. The third-order valence-electron chi connectivity index (χ3n) is 2.86. The summed E-state index contributed by atoms with van der Waals surface area (Å²) in [6, 6.07) is 5.03. The molecule has 0 saturated carbocycles. The number of hydrogen-bond acceptors (Lipinski definition) is 1. The van der Waals surface area contributed by atoms with Crippen LogP contribution in [0.2, 0.25) is 0 Å². The molecular weight excluding hydrogens is 243 g/mol. The highest BCUT2D eigenvalue weighted by Crippen LogP contribution is 2.38. The van der Waals surface area contributed by atoms with Crippen LogP contribution in [-0.4, -0.2) is 12.5 Å². The van der Waals surface area contributed by atoms with E-state index in [4.69, 9.17) is 6.42 Å². The number of anilines is 1. The van der Waals surface area contributed by atoms with E-state index in [0.717, 1.165) is 11.0 Å². The molecule has 5 heteroatoms. The van der Waals surface area contributed by atoms with Gasteiger partial charge in [0.15, 0.2) is 0 Å². The highest BCUT2D eigenvalue weighted by Gasteiger charge is 2.38. The Balaban J connectivity index is 2.41. The van der Waals surface area contributed by atoms with Crippen molar-refractivity contribution in [3.63, 3.8) is 0 Å². The van der Waals surface area contributed by atoms with E-state index in [9.17, 15) is 18.0 Å². The largest absolute Gasteiger partial charge is 0.418 e. The third kappa shape index (κ3) is 2.19. The molecule has 0 aromatic heterocycles. The third-order valence-corrected chi connectivity index (χ3v) is 2.86. The van der Waals surface area contributed by atoms with Crippen LogP contribution in [0.3, 0.4) is 0 Å². The quantitative estimate of drug-likeness (QED) is 0.705. The molecule has 1 aromatic rings. The van der Waals surface area contributed by atoms with Crippen molar-refractivity contribution in [1.29, 1.82) is 0 Å². The van der Waals surface area contributed by atoms with Gasteiger partial charge in [-0.25, -0.2) is 0 Å². The predicted molar refractivity (Wildman–Crippen MR) is 60.7 cm³/mol. The van der Waals surface area contributed by atoms with Crippen LogP contribution < -0.4 is 4.90 Å². The zero-order valence-corrected chi connectivity index (χ0v) is 9.37. The van der Waals surface area contributed by atoms with E-state index in [2.05, 4.69) is 5.92 Å². The van der Waals surface area contributed by atoms with Crippen LogP contribution in [-0.2, 0) is 11.0 Å². The summed E-state index contributed by atoms with van der Waals surface area (Å²) < 4.78 is 38.5. The van der Waals surface area contributed by atoms with Crippen LogP contribution in [0, 0.1) is 18.3 Å². The van der Waals surface area contributed by atoms with Crippen LogP contribution in [0.25, 0.3) is 0 Å². The van der Waals surface area contributed by atoms with Crippen LogP contribution in [0.4, 0.5) is 18.9 Å². The minimum Gasteiger partial charge on any atom is -0.311 e. The second-order valence-electron chi connectivity index (χ2n) is 4.09. The van der Waals surface area contributed by atoms with E-state index in [1.807, 2.05) is 0 Å². The van der Waals surface area contributed by atoms with E-state index in [0.29, 0.717) is 0 Å². The Hall–Kier alpha value is -1.96. The lowest BCUT2D eigenvalue weighted by Gasteiger charge is -2.21. The van der Waals surface area contributed by atoms with Crippen molar-refractivity contribution in [2.45, 2.75) is 12.6 Å². The number of carbonyl (C=O) groups excluding carboxylic acids is 1. The molecule has 0 bridgehead atoms. The Morgan fingerprint density at radius 2 is 2.00 bits per heavy atom. The lowest BCUT2D eigenvalue weighted by molar-refractivity contribution is -0.137. The topological polar surface area (TPSA) is 20.3 Å². The second kappa shape index (κ2) is 4.37. The number of halogens is 3. The van der Waals surface area contributed by atoms with Crippen molar-refractivity contribution in [3.05, 3.63) is 29.8 Å². The van der Waals surface area contributed by atoms with Crippen LogP contribution in [0.5, 0.6) is 0 Å². The molecule has 2 nitrogen and oxygen atoms in total. The molecule has 1 fully saturated rings. The van der Waals surface area contributed by atoms with Gasteiger partial charge in [0.25, 0.3) is 0 Å². The second-order valence-corrected chi connectivity index (χ2v) is 4.09. The summed E-state index contributed by atoms with van der Waals surface area (Å²) in [6.45, 7) is 0.141. The number of alkyl halides is 3. The van der Waals surface area contributed by atoms with Crippen molar-refractivity contribution < 1.29 is 18.0 Å². The lowest BCUT2D eigenvalue weighted by Crippen LogP contribution is -2.27. The number of hydrogen-bond donors (Lipinski definition) is 0. The van der Waals surface area contributed by atoms with Crippen molar-refractivity contribution in [2.24, 2.45) is 5.92 Å². The van der Waals surface area contributed by atoms with E-state index < -0.39 is 11.7 Å². The first-order chi connectivity index (χ1) is 8.43. The number of amides is 1. The van der Waals surface area contributed by atoms with Gasteiger partial charge in [0.2, 0.25) is 5.91 Å². The number of rotatable bonds is 1. The SMILES string of the molecule is C#CC1CC(=O)N(c2ccccc2C(F)(F)F)C1. The summed E-state index contributed by atoms with van der Waals surface area (Å²) in [5.74, 6) is 1.72. The van der Waals surface area contributed by atoms with E-state index in [1.165, 1.54) is 18.2 Å². The summed E-state index contributed by atoms with van der Waals surface area (Å²) in [4.78, 5) is 12.8. The van der Waals surface area contributed by atoms with Gasteiger partial charge >= 0.3 is 6.18 Å². The van der Waals surface area contributed by atoms with Gasteiger partial charge < -0.3 is 4.90 Å². The summed E-state index contributed by atoms with van der Waals surface area (Å²) >= 11 is 0. The molecule has 1 aliphatic rings. The normalized spacial score (nSPS) is 20.0. The first-order valence-electron chi connectivity index (χ1n) is 5.36. The molecule has 0 aliphatic carbocycles. The summed E-state index contributed by atoms with van der Waals surface area (Å²) in [5, 5.41) is 0. The molecule has 18 heavy (non-hydrogen) atoms. The molecule has 2 rings (SSSR count). The van der Waals surface area contributed by atoms with Crippen LogP contribution in [0.1, 0.15) is 12.0 Å². The Labute approximate surface area is 102 Å². The average molecular weight is 253 g/mol. The molecule has 1 amide bonds. The van der Waals surface area contributed by atoms with Crippen LogP contribution in [0.15, 0.2) is 24.3 Å². The Kier molecular flexibility index (Phi) is 3.04. The molecule has 1 atom stereocenters. The van der Waals surface area contributed by atoms with Gasteiger partial charge in [0, 0.05) is 18.9 Å².